The first-order chi connectivity index (χ1) is 23.5. The Labute approximate surface area is 303 Å². The number of aromatic hydroxyl groups is 2. The molecule has 0 aliphatic rings. The molecule has 0 bridgehead atoms. The van der Waals surface area contributed by atoms with Crippen molar-refractivity contribution < 1.29 is 36.2 Å². The number of azo groups is 2. The van der Waals surface area contributed by atoms with Crippen molar-refractivity contribution in [3.8, 4) is 22.6 Å². The van der Waals surface area contributed by atoms with Crippen LogP contribution in [-0.4, -0.2) is 36.2 Å². The molecule has 254 valence electrons. The maximum absolute atomic E-state index is 12.1. The Morgan fingerprint density at radius 3 is 1.08 bits per heavy atom. The van der Waals surface area contributed by atoms with Crippen LogP contribution in [0, 0.1) is 0 Å². The molecule has 0 atom stereocenters. The predicted octanol–water partition coefficient (Wildman–Crippen LogP) is 11.0. The van der Waals surface area contributed by atoms with Crippen LogP contribution in [0.1, 0.15) is 0 Å². The summed E-state index contributed by atoms with van der Waals surface area (Å²) in [5.74, 6) is -1.09. The molecule has 0 aromatic heterocycles. The highest BCUT2D eigenvalue weighted by Crippen LogP contribution is 2.46. The molecule has 0 saturated heterocycles. The van der Waals surface area contributed by atoms with Gasteiger partial charge < -0.3 is 10.2 Å². The lowest BCUT2D eigenvalue weighted by Gasteiger charge is -2.11. The number of hydrogen-bond acceptors (Lipinski definition) is 10. The standard InChI is InChI=1S/C32H18Cl4N4O8S2/c33-21-9-17(10-22(34)27(21)37-39-29-25(49(43,44)45)13-15-5-1-3-7-19(15)31(29)41)18-11-23(35)28(24(36)12-18)38-40-30-26(50(46,47)48)14-16-6-2-4-8-20(16)32(30)42/h1-14,41-42H,(H,43,44,45)(H,46,47,48). The molecule has 0 saturated carbocycles. The van der Waals surface area contributed by atoms with E-state index in [2.05, 4.69) is 20.5 Å². The van der Waals surface area contributed by atoms with Crippen LogP contribution in [-0.2, 0) is 20.2 Å². The molecule has 0 heterocycles. The quantitative estimate of drug-likeness (QED) is 0.0903. The van der Waals surface area contributed by atoms with Gasteiger partial charge in [-0.25, -0.2) is 0 Å². The summed E-state index contributed by atoms with van der Waals surface area (Å²) in [5, 5.41) is 38.3. The Bertz CT molecular complexity index is 2460. The fourth-order valence-corrected chi connectivity index (χ4v) is 7.47. The van der Waals surface area contributed by atoms with Crippen molar-refractivity contribution in [1.82, 2.24) is 0 Å². The second-order valence-electron chi connectivity index (χ2n) is 10.5. The third kappa shape index (κ3) is 6.84. The second-order valence-corrected chi connectivity index (χ2v) is 14.9. The topological polar surface area (TPSA) is 199 Å². The van der Waals surface area contributed by atoms with Gasteiger partial charge in [-0.3, -0.25) is 9.11 Å². The molecule has 0 spiro atoms. The van der Waals surface area contributed by atoms with Gasteiger partial charge in [-0.15, -0.1) is 20.5 Å². The molecule has 0 aliphatic carbocycles. The summed E-state index contributed by atoms with van der Waals surface area (Å²) >= 11 is 26.0. The van der Waals surface area contributed by atoms with Crippen LogP contribution < -0.4 is 0 Å². The van der Waals surface area contributed by atoms with Crippen molar-refractivity contribution in [2.45, 2.75) is 9.79 Å². The van der Waals surface area contributed by atoms with Crippen LogP contribution >= 0.6 is 46.4 Å². The minimum absolute atomic E-state index is 0.0505. The minimum Gasteiger partial charge on any atom is -0.505 e. The molecular weight excluding hydrogens is 774 g/mol. The van der Waals surface area contributed by atoms with E-state index < -0.39 is 52.9 Å². The van der Waals surface area contributed by atoms with Crippen LogP contribution in [0.2, 0.25) is 20.1 Å². The van der Waals surface area contributed by atoms with E-state index in [9.17, 15) is 36.2 Å². The number of phenols is 2. The summed E-state index contributed by atoms with van der Waals surface area (Å²) in [6, 6.07) is 20.6. The highest BCUT2D eigenvalue weighted by molar-refractivity contribution is 7.86. The molecule has 12 nitrogen and oxygen atoms in total. The van der Waals surface area contributed by atoms with Crippen LogP contribution in [0.15, 0.2) is 115 Å². The Hall–Kier alpha value is -4.38. The molecule has 0 aliphatic heterocycles. The van der Waals surface area contributed by atoms with E-state index in [4.69, 9.17) is 46.4 Å². The Morgan fingerprint density at radius 1 is 0.460 bits per heavy atom. The lowest BCUT2D eigenvalue weighted by molar-refractivity contribution is 0.471. The maximum Gasteiger partial charge on any atom is 0.296 e. The summed E-state index contributed by atoms with van der Waals surface area (Å²) in [4.78, 5) is -1.37. The number of hydrogen-bond donors (Lipinski definition) is 4. The van der Waals surface area contributed by atoms with Crippen molar-refractivity contribution >= 4 is 111 Å². The fraction of sp³-hybridized carbons (Fsp3) is 0. The summed E-state index contributed by atoms with van der Waals surface area (Å²) in [6.07, 6.45) is 0. The molecule has 4 N–H and O–H groups in total. The largest absolute Gasteiger partial charge is 0.505 e. The lowest BCUT2D eigenvalue weighted by Crippen LogP contribution is -1.99. The van der Waals surface area contributed by atoms with Crippen molar-refractivity contribution in [2.24, 2.45) is 20.5 Å². The molecule has 0 radical (unpaired) electrons. The van der Waals surface area contributed by atoms with Gasteiger partial charge in [-0.1, -0.05) is 94.9 Å². The lowest BCUT2D eigenvalue weighted by atomic mass is 10.0. The SMILES string of the molecule is O=S(=O)(O)c1cc2ccccc2c(O)c1N=Nc1c(Cl)cc(-c2cc(Cl)c(N=Nc3c(S(=O)(=O)O)cc4ccccc4c3O)c(Cl)c2)cc1Cl. The Kier molecular flexibility index (Phi) is 9.49. The van der Waals surface area contributed by atoms with E-state index >= 15 is 0 Å². The number of phenolic OH excluding ortho intramolecular Hbond substituents is 2. The Balaban J connectivity index is 1.36. The van der Waals surface area contributed by atoms with Gasteiger partial charge in [0.15, 0.2) is 11.5 Å². The number of fused-ring (bicyclic) bond motifs is 2. The first-order valence-corrected chi connectivity index (χ1v) is 18.2. The average Bonchev–Trinajstić information content (AvgIpc) is 3.04. The molecule has 6 rings (SSSR count). The highest BCUT2D eigenvalue weighted by Gasteiger charge is 2.24. The Morgan fingerprint density at radius 2 is 0.760 bits per heavy atom. The highest BCUT2D eigenvalue weighted by atomic mass is 35.5. The van der Waals surface area contributed by atoms with E-state index in [1.807, 2.05) is 0 Å². The summed E-state index contributed by atoms with van der Waals surface area (Å²) < 4.78 is 68.1. The first kappa shape index (κ1) is 35.4. The normalized spacial score (nSPS) is 12.5. The van der Waals surface area contributed by atoms with Crippen LogP contribution in [0.3, 0.4) is 0 Å². The third-order valence-electron chi connectivity index (χ3n) is 7.34. The monoisotopic (exact) mass is 790 g/mol. The second kappa shape index (κ2) is 13.4. The smallest absolute Gasteiger partial charge is 0.296 e. The predicted molar refractivity (Wildman–Crippen MR) is 191 cm³/mol. The fourth-order valence-electron chi connectivity index (χ4n) is 5.03. The molecule has 0 amide bonds. The maximum atomic E-state index is 12.1. The molecule has 0 fully saturated rings. The van der Waals surface area contributed by atoms with Gasteiger partial charge in [-0.2, -0.15) is 16.8 Å². The number of halogens is 4. The summed E-state index contributed by atoms with van der Waals surface area (Å²) in [6.45, 7) is 0. The van der Waals surface area contributed by atoms with E-state index in [1.165, 1.54) is 36.4 Å². The summed E-state index contributed by atoms with van der Waals surface area (Å²) in [5.41, 5.74) is -0.492. The zero-order valence-corrected chi connectivity index (χ0v) is 29.3. The summed E-state index contributed by atoms with van der Waals surface area (Å²) in [7, 11) is -9.67. The van der Waals surface area contributed by atoms with Crippen LogP contribution in [0.25, 0.3) is 32.7 Å². The van der Waals surface area contributed by atoms with Gasteiger partial charge in [-0.05, 0) is 58.3 Å². The molecule has 6 aromatic carbocycles. The van der Waals surface area contributed by atoms with Gasteiger partial charge in [0.2, 0.25) is 0 Å². The molecule has 50 heavy (non-hydrogen) atoms. The molecule has 18 heteroatoms. The van der Waals surface area contributed by atoms with Crippen molar-refractivity contribution in [3.63, 3.8) is 0 Å². The number of benzene rings is 6. The van der Waals surface area contributed by atoms with Crippen LogP contribution in [0.4, 0.5) is 22.7 Å². The van der Waals surface area contributed by atoms with Gasteiger partial charge in [0.25, 0.3) is 20.2 Å². The van der Waals surface area contributed by atoms with E-state index in [0.717, 1.165) is 12.1 Å². The van der Waals surface area contributed by atoms with Crippen molar-refractivity contribution in [2.75, 3.05) is 0 Å². The number of rotatable bonds is 7. The molecular formula is C32H18Cl4N4O8S2. The minimum atomic E-state index is -4.84. The molecule has 6 aromatic rings. The third-order valence-corrected chi connectivity index (χ3v) is 10.2. The first-order valence-electron chi connectivity index (χ1n) is 13.8. The van der Waals surface area contributed by atoms with Crippen molar-refractivity contribution in [3.05, 3.63) is 105 Å². The van der Waals surface area contributed by atoms with Gasteiger partial charge in [0, 0.05) is 10.8 Å². The zero-order chi connectivity index (χ0) is 36.1. The van der Waals surface area contributed by atoms with E-state index in [1.54, 1.807) is 36.4 Å². The van der Waals surface area contributed by atoms with Gasteiger partial charge in [0.1, 0.15) is 32.5 Å². The molecule has 0 unspecified atom stereocenters. The van der Waals surface area contributed by atoms with E-state index in [-0.39, 0.29) is 42.2 Å². The van der Waals surface area contributed by atoms with Crippen LogP contribution in [0.5, 0.6) is 11.5 Å². The zero-order valence-electron chi connectivity index (χ0n) is 24.6. The average molecular weight is 792 g/mol. The van der Waals surface area contributed by atoms with Crippen molar-refractivity contribution in [1.29, 1.82) is 0 Å². The van der Waals surface area contributed by atoms with E-state index in [0.29, 0.717) is 21.9 Å². The number of nitrogens with zero attached hydrogens (tertiary/aromatic N) is 4. The van der Waals surface area contributed by atoms with Gasteiger partial charge >= 0.3 is 0 Å². The van der Waals surface area contributed by atoms with Gasteiger partial charge in [0.05, 0.1) is 20.1 Å².